The molecule has 1 aromatic rings. The predicted octanol–water partition coefficient (Wildman–Crippen LogP) is -3.65. The van der Waals surface area contributed by atoms with E-state index in [1.165, 1.54) is 32.9 Å². The fraction of sp³-hybridized carbons (Fsp3) is 0.600. The summed E-state index contributed by atoms with van der Waals surface area (Å²) in [5.74, 6) is -7.92. The number of carbonyl (C=O) groups excluding carboxylic acids is 7. The third kappa shape index (κ3) is 15.9. The molecule has 0 aromatic heterocycles. The molecule has 0 saturated carbocycles. The van der Waals surface area contributed by atoms with Crippen molar-refractivity contribution in [3.63, 3.8) is 0 Å². The van der Waals surface area contributed by atoms with Crippen molar-refractivity contribution in [1.29, 1.82) is 0 Å². The minimum Gasteiger partial charge on any atom is -0.508 e. The molecule has 7 amide bonds. The molecular formula is C35H55N9O11. The molecule has 1 aliphatic rings. The normalized spacial score (nSPS) is 21.0. The first-order valence-corrected chi connectivity index (χ1v) is 18.1. The number of nitrogens with two attached hydrogens (primary N) is 2. The van der Waals surface area contributed by atoms with E-state index in [2.05, 4.69) is 37.2 Å². The van der Waals surface area contributed by atoms with Crippen molar-refractivity contribution in [3.05, 3.63) is 29.8 Å². The minimum atomic E-state index is -1.73. The van der Waals surface area contributed by atoms with Crippen LogP contribution in [0.3, 0.4) is 0 Å². The summed E-state index contributed by atoms with van der Waals surface area (Å²) in [6, 6.07) is -2.36. The van der Waals surface area contributed by atoms with Crippen LogP contribution in [0.2, 0.25) is 0 Å². The van der Waals surface area contributed by atoms with Gasteiger partial charge in [0.05, 0.1) is 25.1 Å². The Morgan fingerprint density at radius 1 is 0.909 bits per heavy atom. The van der Waals surface area contributed by atoms with Crippen LogP contribution >= 0.6 is 0 Å². The predicted molar refractivity (Wildman–Crippen MR) is 196 cm³/mol. The first kappa shape index (κ1) is 45.8. The molecule has 306 valence electrons. The first-order chi connectivity index (χ1) is 25.9. The number of carboxylic acid groups (broad SMARTS) is 1. The Labute approximate surface area is 318 Å². The summed E-state index contributed by atoms with van der Waals surface area (Å²) in [5.41, 5.74) is 12.4. The van der Waals surface area contributed by atoms with Gasteiger partial charge in [-0.1, -0.05) is 26.0 Å². The van der Waals surface area contributed by atoms with Gasteiger partial charge in [0.2, 0.25) is 41.4 Å². The van der Waals surface area contributed by atoms with Crippen LogP contribution in [0.4, 0.5) is 0 Å². The van der Waals surface area contributed by atoms with Crippen LogP contribution in [0, 0.1) is 5.92 Å². The van der Waals surface area contributed by atoms with Crippen LogP contribution in [0.15, 0.2) is 24.3 Å². The van der Waals surface area contributed by atoms with Gasteiger partial charge in [-0.2, -0.15) is 0 Å². The van der Waals surface area contributed by atoms with E-state index in [9.17, 15) is 53.7 Å². The van der Waals surface area contributed by atoms with Gasteiger partial charge < -0.3 is 64.0 Å². The molecule has 1 saturated heterocycles. The van der Waals surface area contributed by atoms with E-state index in [1.54, 1.807) is 12.1 Å². The second kappa shape index (κ2) is 22.8. The van der Waals surface area contributed by atoms with Crippen molar-refractivity contribution in [1.82, 2.24) is 37.2 Å². The number of aromatic hydroxyl groups is 1. The molecule has 0 unspecified atom stereocenters. The largest absolute Gasteiger partial charge is 0.508 e. The van der Waals surface area contributed by atoms with Gasteiger partial charge >= 0.3 is 5.97 Å². The molecule has 0 radical (unpaired) electrons. The zero-order valence-corrected chi connectivity index (χ0v) is 31.3. The lowest BCUT2D eigenvalue weighted by Crippen LogP contribution is -2.62. The Hall–Kier alpha value is -5.34. The van der Waals surface area contributed by atoms with Gasteiger partial charge in [0.25, 0.3) is 0 Å². The van der Waals surface area contributed by atoms with E-state index in [4.69, 9.17) is 11.5 Å². The maximum Gasteiger partial charge on any atom is 0.326 e. The van der Waals surface area contributed by atoms with Gasteiger partial charge in [-0.25, -0.2) is 4.79 Å². The van der Waals surface area contributed by atoms with Crippen molar-refractivity contribution in [2.45, 2.75) is 108 Å². The number of phenolic OH excluding ortho intramolecular Hbond substituents is 1. The summed E-state index contributed by atoms with van der Waals surface area (Å²) in [5, 5.41) is 46.7. The smallest absolute Gasteiger partial charge is 0.326 e. The van der Waals surface area contributed by atoms with E-state index >= 15 is 0 Å². The lowest BCUT2D eigenvalue weighted by molar-refractivity contribution is -0.144. The second-order valence-electron chi connectivity index (χ2n) is 13.7. The third-order valence-electron chi connectivity index (χ3n) is 8.70. The Morgan fingerprint density at radius 3 is 2.18 bits per heavy atom. The maximum atomic E-state index is 13.7. The fourth-order valence-electron chi connectivity index (χ4n) is 5.49. The number of carbonyl (C=O) groups is 8. The highest BCUT2D eigenvalue weighted by molar-refractivity contribution is 5.98. The van der Waals surface area contributed by atoms with Crippen molar-refractivity contribution in [2.75, 3.05) is 19.6 Å². The number of unbranched alkanes of at least 4 members (excludes halogenated alkanes) is 1. The number of hydrogen-bond donors (Lipinski definition) is 12. The summed E-state index contributed by atoms with van der Waals surface area (Å²) >= 11 is 0. The number of carboxylic acids is 1. The average molecular weight is 778 g/mol. The molecule has 20 nitrogen and oxygen atoms in total. The summed E-state index contributed by atoms with van der Waals surface area (Å²) < 4.78 is 0. The zero-order chi connectivity index (χ0) is 41.2. The highest BCUT2D eigenvalue weighted by atomic mass is 16.4. The molecule has 1 fully saturated rings. The standard InChI is InChI=1S/C35H55N9O11/c1-18(2)28(35(54)55)43-33(52)25-16-26(47)39-17-27(48)38-14-6-8-24(32(51)44-29(19(3)45)34(53)42-25)41-31(50)23(7-4-5-13-36)40-30(49)22(37)15-20-9-11-21(46)12-10-20/h9-12,18-19,22-25,28-29,45-46H,4-8,13-17,36-37H2,1-3H3,(H,38,48)(H,39,47)(H,40,49)(H,41,50)(H,42,53)(H,43,52)(H,44,51)(H,54,55)/t19-,22-,23-,24-,25-,28-,29-/m0/s1. The van der Waals surface area contributed by atoms with Crippen LogP contribution in [0.1, 0.15) is 64.9 Å². The number of aliphatic hydroxyl groups is 1. The lowest BCUT2D eigenvalue weighted by Gasteiger charge is -2.28. The average Bonchev–Trinajstić information content (AvgIpc) is 3.12. The number of phenols is 1. The van der Waals surface area contributed by atoms with Gasteiger partial charge in [0.15, 0.2) is 0 Å². The van der Waals surface area contributed by atoms with Crippen LogP contribution < -0.4 is 48.7 Å². The SMILES string of the molecule is CC(C)[C@H](NC(=O)[C@@H]1CC(=O)NCC(=O)NCCC[C@H](NC(=O)[C@H](CCCCN)NC(=O)[C@@H](N)Cc2ccc(O)cc2)C(=O)N[C@@H]([C@H](C)O)C(=O)N1)C(=O)O. The summed E-state index contributed by atoms with van der Waals surface area (Å²) in [4.78, 5) is 104. The lowest BCUT2D eigenvalue weighted by atomic mass is 10.0. The first-order valence-electron chi connectivity index (χ1n) is 18.1. The summed E-state index contributed by atoms with van der Waals surface area (Å²) in [7, 11) is 0. The van der Waals surface area contributed by atoms with Crippen molar-refractivity contribution >= 4 is 47.3 Å². The molecule has 0 aliphatic carbocycles. The van der Waals surface area contributed by atoms with E-state index in [1.807, 2.05) is 0 Å². The highest BCUT2D eigenvalue weighted by Gasteiger charge is 2.36. The molecule has 2 rings (SSSR count). The number of hydrogen-bond acceptors (Lipinski definition) is 12. The number of nitrogens with one attached hydrogen (secondary N) is 7. The molecule has 1 aromatic carbocycles. The monoisotopic (exact) mass is 777 g/mol. The molecule has 0 spiro atoms. The molecule has 1 heterocycles. The minimum absolute atomic E-state index is 0.00569. The Balaban J connectivity index is 2.35. The van der Waals surface area contributed by atoms with Crippen LogP contribution in [-0.2, 0) is 44.8 Å². The van der Waals surface area contributed by atoms with Crippen LogP contribution in [-0.4, -0.2) is 125 Å². The van der Waals surface area contributed by atoms with Crippen LogP contribution in [0.25, 0.3) is 0 Å². The molecule has 0 bridgehead atoms. The van der Waals surface area contributed by atoms with Gasteiger partial charge in [-0.05, 0) is 75.6 Å². The Morgan fingerprint density at radius 2 is 1.58 bits per heavy atom. The fourth-order valence-corrected chi connectivity index (χ4v) is 5.49. The highest BCUT2D eigenvalue weighted by Crippen LogP contribution is 2.12. The van der Waals surface area contributed by atoms with E-state index in [0.29, 0.717) is 24.9 Å². The summed E-state index contributed by atoms with van der Waals surface area (Å²) in [6.45, 7) is 4.03. The van der Waals surface area contributed by atoms with Crippen molar-refractivity contribution in [2.24, 2.45) is 17.4 Å². The molecule has 7 atom stereocenters. The number of aliphatic hydroxyl groups excluding tert-OH is 1. The number of benzene rings is 1. The van der Waals surface area contributed by atoms with E-state index in [0.717, 1.165) is 0 Å². The molecule has 14 N–H and O–H groups in total. The van der Waals surface area contributed by atoms with Crippen LogP contribution in [0.5, 0.6) is 5.75 Å². The Bertz CT molecular complexity index is 1510. The van der Waals surface area contributed by atoms with Gasteiger partial charge in [-0.3, -0.25) is 33.6 Å². The molecule has 1 aliphatic heterocycles. The van der Waals surface area contributed by atoms with Gasteiger partial charge in [-0.15, -0.1) is 0 Å². The number of rotatable bonds is 15. The van der Waals surface area contributed by atoms with Gasteiger partial charge in [0, 0.05) is 6.54 Å². The zero-order valence-electron chi connectivity index (χ0n) is 31.3. The Kier molecular flexibility index (Phi) is 19.0. The second-order valence-corrected chi connectivity index (χ2v) is 13.7. The summed E-state index contributed by atoms with van der Waals surface area (Å²) in [6.07, 6.45) is -1.13. The maximum absolute atomic E-state index is 13.7. The third-order valence-corrected chi connectivity index (χ3v) is 8.70. The number of amides is 7. The van der Waals surface area contributed by atoms with Crippen molar-refractivity contribution < 1.29 is 53.7 Å². The molecule has 55 heavy (non-hydrogen) atoms. The topological polar surface area (TPSA) is 334 Å². The molecule has 20 heteroatoms. The van der Waals surface area contributed by atoms with Gasteiger partial charge in [0.1, 0.15) is 36.0 Å². The quantitative estimate of drug-likeness (QED) is 0.0766. The van der Waals surface area contributed by atoms with E-state index < -0.39 is 109 Å². The number of aliphatic carboxylic acids is 1. The van der Waals surface area contributed by atoms with E-state index in [-0.39, 0.29) is 38.0 Å². The molecular weight excluding hydrogens is 722 g/mol. The van der Waals surface area contributed by atoms with Crippen molar-refractivity contribution in [3.8, 4) is 5.75 Å².